The third-order valence-electron chi connectivity index (χ3n) is 2.22. The molecule has 0 radical (unpaired) electrons. The van der Waals surface area contributed by atoms with Crippen molar-refractivity contribution in [3.8, 4) is 0 Å². The molecule has 78 valence electrons. The molecular formula is C11H17NOS. The summed E-state index contributed by atoms with van der Waals surface area (Å²) >= 11 is 0. The number of rotatable bonds is 5. The van der Waals surface area contributed by atoms with Crippen LogP contribution in [0.15, 0.2) is 30.3 Å². The van der Waals surface area contributed by atoms with E-state index in [2.05, 4.69) is 12.1 Å². The quantitative estimate of drug-likeness (QED) is 0.802. The van der Waals surface area contributed by atoms with Gasteiger partial charge in [0.05, 0.1) is 0 Å². The van der Waals surface area contributed by atoms with Crippen molar-refractivity contribution in [2.24, 2.45) is 5.73 Å². The second kappa shape index (κ2) is 5.94. The lowest BCUT2D eigenvalue weighted by molar-refractivity contribution is 0.660. The van der Waals surface area contributed by atoms with Gasteiger partial charge in [-0.15, -0.1) is 0 Å². The van der Waals surface area contributed by atoms with Crippen molar-refractivity contribution >= 4 is 10.8 Å². The van der Waals surface area contributed by atoms with E-state index in [1.165, 1.54) is 5.56 Å². The Labute approximate surface area is 88.0 Å². The topological polar surface area (TPSA) is 43.1 Å². The minimum Gasteiger partial charge on any atom is -0.330 e. The van der Waals surface area contributed by atoms with Gasteiger partial charge in [-0.25, -0.2) is 0 Å². The molecule has 0 bridgehead atoms. The fourth-order valence-corrected chi connectivity index (χ4v) is 2.48. The lowest BCUT2D eigenvalue weighted by Crippen LogP contribution is -2.13. The summed E-state index contributed by atoms with van der Waals surface area (Å²) < 4.78 is 11.2. The van der Waals surface area contributed by atoms with Crippen molar-refractivity contribution in [3.05, 3.63) is 35.9 Å². The van der Waals surface area contributed by atoms with E-state index >= 15 is 0 Å². The van der Waals surface area contributed by atoms with Gasteiger partial charge in [0.15, 0.2) is 0 Å². The molecule has 2 N–H and O–H groups in total. The fourth-order valence-electron chi connectivity index (χ4n) is 1.56. The van der Waals surface area contributed by atoms with Gasteiger partial charge in [-0.1, -0.05) is 30.3 Å². The first kappa shape index (κ1) is 11.4. The van der Waals surface area contributed by atoms with Crippen LogP contribution in [0.3, 0.4) is 0 Å². The van der Waals surface area contributed by atoms with Gasteiger partial charge in [-0.05, 0) is 24.4 Å². The van der Waals surface area contributed by atoms with Gasteiger partial charge in [-0.2, -0.15) is 0 Å². The van der Waals surface area contributed by atoms with Gasteiger partial charge in [0.2, 0.25) is 0 Å². The van der Waals surface area contributed by atoms with Gasteiger partial charge in [0.1, 0.15) is 0 Å². The lowest BCUT2D eigenvalue weighted by Gasteiger charge is -2.14. The molecule has 0 spiro atoms. The molecule has 1 aromatic rings. The molecule has 2 atom stereocenters. The number of hydrogen-bond donors (Lipinski definition) is 1. The fraction of sp³-hybridized carbons (Fsp3) is 0.455. The normalized spacial score (nSPS) is 15.0. The number of benzene rings is 1. The Balaban J connectivity index is 2.72. The van der Waals surface area contributed by atoms with E-state index in [1.807, 2.05) is 18.2 Å². The second-order valence-corrected chi connectivity index (χ2v) is 4.90. The molecule has 0 aliphatic carbocycles. The minimum atomic E-state index is -0.753. The molecule has 2 nitrogen and oxygen atoms in total. The first-order valence-corrected chi connectivity index (χ1v) is 6.51. The predicted octanol–water partition coefficient (Wildman–Crippen LogP) is 1.50. The van der Waals surface area contributed by atoms with Crippen LogP contribution >= 0.6 is 0 Å². The zero-order valence-corrected chi connectivity index (χ0v) is 9.30. The summed E-state index contributed by atoms with van der Waals surface area (Å²) in [7, 11) is -0.753. The largest absolute Gasteiger partial charge is 0.330 e. The van der Waals surface area contributed by atoms with Crippen LogP contribution in [0.4, 0.5) is 0 Å². The van der Waals surface area contributed by atoms with E-state index in [4.69, 9.17) is 5.73 Å². The van der Waals surface area contributed by atoms with E-state index in [0.29, 0.717) is 18.2 Å². The van der Waals surface area contributed by atoms with E-state index in [-0.39, 0.29) is 0 Å². The van der Waals surface area contributed by atoms with E-state index in [1.54, 1.807) is 6.26 Å². The molecule has 0 fully saturated rings. The first-order valence-electron chi connectivity index (χ1n) is 4.79. The summed E-state index contributed by atoms with van der Waals surface area (Å²) in [5, 5.41) is 0. The Morgan fingerprint density at radius 1 is 1.36 bits per heavy atom. The molecule has 0 aliphatic rings. The predicted molar refractivity (Wildman–Crippen MR) is 61.8 cm³/mol. The average Bonchev–Trinajstić information content (AvgIpc) is 2.18. The molecule has 0 aromatic heterocycles. The highest BCUT2D eigenvalue weighted by atomic mass is 32.2. The maximum absolute atomic E-state index is 11.2. The Bertz CT molecular complexity index is 287. The van der Waals surface area contributed by atoms with Crippen LogP contribution in [0.5, 0.6) is 0 Å². The van der Waals surface area contributed by atoms with Crippen molar-refractivity contribution in [1.29, 1.82) is 0 Å². The monoisotopic (exact) mass is 211 g/mol. The Kier molecular flexibility index (Phi) is 4.84. The van der Waals surface area contributed by atoms with E-state index in [0.717, 1.165) is 6.42 Å². The van der Waals surface area contributed by atoms with Crippen LogP contribution in [-0.4, -0.2) is 22.8 Å². The summed E-state index contributed by atoms with van der Waals surface area (Å²) in [6.45, 7) is 0.650. The van der Waals surface area contributed by atoms with Crippen molar-refractivity contribution in [2.75, 3.05) is 18.6 Å². The van der Waals surface area contributed by atoms with Crippen molar-refractivity contribution < 1.29 is 4.21 Å². The van der Waals surface area contributed by atoms with Crippen molar-refractivity contribution in [2.45, 2.75) is 12.3 Å². The van der Waals surface area contributed by atoms with Crippen LogP contribution in [0.25, 0.3) is 0 Å². The van der Waals surface area contributed by atoms with Gasteiger partial charge in [0.25, 0.3) is 0 Å². The van der Waals surface area contributed by atoms with E-state index < -0.39 is 10.8 Å². The van der Waals surface area contributed by atoms with Crippen molar-refractivity contribution in [1.82, 2.24) is 0 Å². The average molecular weight is 211 g/mol. The standard InChI is InChI=1S/C11H17NOS/c1-14(13)9-11(7-8-12)10-5-3-2-4-6-10/h2-6,11H,7-9,12H2,1H3. The Morgan fingerprint density at radius 2 is 2.00 bits per heavy atom. The maximum Gasteiger partial charge on any atom is 0.0301 e. The minimum absolute atomic E-state index is 0.340. The molecule has 1 rings (SSSR count). The smallest absolute Gasteiger partial charge is 0.0301 e. The zero-order chi connectivity index (χ0) is 10.4. The van der Waals surface area contributed by atoms with Gasteiger partial charge in [0, 0.05) is 22.8 Å². The molecule has 0 saturated carbocycles. The molecule has 2 unspecified atom stereocenters. The summed E-state index contributed by atoms with van der Waals surface area (Å²) in [6, 6.07) is 10.2. The SMILES string of the molecule is CS(=O)CC(CCN)c1ccccc1. The lowest BCUT2D eigenvalue weighted by atomic mass is 9.98. The van der Waals surface area contributed by atoms with Gasteiger partial charge < -0.3 is 5.73 Å². The van der Waals surface area contributed by atoms with E-state index in [9.17, 15) is 4.21 Å². The molecule has 0 saturated heterocycles. The van der Waals surface area contributed by atoms with Crippen LogP contribution in [0.1, 0.15) is 17.9 Å². The highest BCUT2D eigenvalue weighted by molar-refractivity contribution is 7.84. The van der Waals surface area contributed by atoms with Crippen molar-refractivity contribution in [3.63, 3.8) is 0 Å². The Hall–Kier alpha value is -0.670. The molecular weight excluding hydrogens is 194 g/mol. The molecule has 1 aromatic carbocycles. The van der Waals surface area contributed by atoms with Crippen LogP contribution in [0, 0.1) is 0 Å². The molecule has 3 heteroatoms. The second-order valence-electron chi connectivity index (χ2n) is 3.42. The van der Waals surface area contributed by atoms with Crippen LogP contribution in [0.2, 0.25) is 0 Å². The van der Waals surface area contributed by atoms with Crippen LogP contribution < -0.4 is 5.73 Å². The third-order valence-corrected chi connectivity index (χ3v) is 3.09. The molecule has 14 heavy (non-hydrogen) atoms. The summed E-state index contributed by atoms with van der Waals surface area (Å²) in [5.74, 6) is 1.05. The molecule has 0 heterocycles. The number of hydrogen-bond acceptors (Lipinski definition) is 2. The highest BCUT2D eigenvalue weighted by Crippen LogP contribution is 2.19. The number of nitrogens with two attached hydrogens (primary N) is 1. The molecule has 0 aliphatic heterocycles. The van der Waals surface area contributed by atoms with Gasteiger partial charge in [-0.3, -0.25) is 4.21 Å². The Morgan fingerprint density at radius 3 is 2.50 bits per heavy atom. The van der Waals surface area contributed by atoms with Gasteiger partial charge >= 0.3 is 0 Å². The summed E-state index contributed by atoms with van der Waals surface area (Å²) in [6.07, 6.45) is 2.65. The van der Waals surface area contributed by atoms with Crippen LogP contribution in [-0.2, 0) is 10.8 Å². The third kappa shape index (κ3) is 3.60. The summed E-state index contributed by atoms with van der Waals surface area (Å²) in [5.41, 5.74) is 6.79. The highest BCUT2D eigenvalue weighted by Gasteiger charge is 2.11. The first-order chi connectivity index (χ1) is 6.74. The maximum atomic E-state index is 11.2. The zero-order valence-electron chi connectivity index (χ0n) is 8.48. The molecule has 0 amide bonds. The summed E-state index contributed by atoms with van der Waals surface area (Å²) in [4.78, 5) is 0.